The summed E-state index contributed by atoms with van der Waals surface area (Å²) in [5.74, 6) is -0.250. The lowest BCUT2D eigenvalue weighted by Crippen LogP contribution is -2.25. The van der Waals surface area contributed by atoms with E-state index in [1.807, 2.05) is 0 Å². The van der Waals surface area contributed by atoms with Gasteiger partial charge < -0.3 is 9.88 Å². The summed E-state index contributed by atoms with van der Waals surface area (Å²) in [6.07, 6.45) is -0.314. The Labute approximate surface area is 181 Å². The van der Waals surface area contributed by atoms with Gasteiger partial charge in [0.25, 0.3) is 5.91 Å². The first kappa shape index (κ1) is 21.6. The van der Waals surface area contributed by atoms with E-state index < -0.39 is 17.6 Å². The number of nitrogens with zero attached hydrogens (tertiary/aromatic N) is 3. The molecule has 0 saturated carbocycles. The van der Waals surface area contributed by atoms with Gasteiger partial charge in [-0.15, -0.1) is 0 Å². The quantitative estimate of drug-likeness (QED) is 0.589. The number of carbonyl (C=O) groups is 1. The average Bonchev–Trinajstić information content (AvgIpc) is 2.87. The zero-order chi connectivity index (χ0) is 22.2. The fraction of sp³-hybridized carbons (Fsp3) is 0.381. The van der Waals surface area contributed by atoms with Gasteiger partial charge in [0, 0.05) is 30.0 Å². The molecule has 1 aromatic carbocycles. The van der Waals surface area contributed by atoms with E-state index in [4.69, 9.17) is 11.6 Å². The van der Waals surface area contributed by atoms with Crippen LogP contribution in [0.2, 0.25) is 5.02 Å². The van der Waals surface area contributed by atoms with Crippen molar-refractivity contribution >= 4 is 34.5 Å². The number of rotatable bonds is 3. The fourth-order valence-corrected chi connectivity index (χ4v) is 4.18. The second kappa shape index (κ2) is 8.47. The number of amides is 1. The molecule has 1 saturated heterocycles. The molecule has 0 spiro atoms. The molecule has 1 fully saturated rings. The summed E-state index contributed by atoms with van der Waals surface area (Å²) in [7, 11) is 0. The standard InChI is InChI=1S/C21H21ClF3N5O/c1-12-8-13(5-7-27-12)19(31)29-20-28-17-10-14(21(23,24)25)9-16(22)18(17)30(20)15-4-2-3-6-26-11-15/h5,7-10,15,26H,2-4,6,11H2,1H3,(H,28,29,31)/t15-/m1/s1. The van der Waals surface area contributed by atoms with E-state index in [0.29, 0.717) is 23.3 Å². The molecule has 1 amide bonds. The van der Waals surface area contributed by atoms with Crippen LogP contribution in [-0.4, -0.2) is 33.5 Å². The van der Waals surface area contributed by atoms with Crippen molar-refractivity contribution in [3.63, 3.8) is 0 Å². The summed E-state index contributed by atoms with van der Waals surface area (Å²) in [6, 6.07) is 4.95. The molecule has 4 rings (SSSR count). The third-order valence-electron chi connectivity index (χ3n) is 5.34. The zero-order valence-corrected chi connectivity index (χ0v) is 17.5. The van der Waals surface area contributed by atoms with Crippen molar-refractivity contribution in [3.05, 3.63) is 52.3 Å². The minimum Gasteiger partial charge on any atom is -0.315 e. The van der Waals surface area contributed by atoms with Gasteiger partial charge in [0.1, 0.15) is 0 Å². The SMILES string of the molecule is Cc1cc(C(=O)Nc2nc3cc(C(F)(F)F)cc(Cl)c3n2[C@@H]2CCCCNC2)ccn1. The number of aryl methyl sites for hydroxylation is 1. The van der Waals surface area contributed by atoms with Crippen LogP contribution in [0.3, 0.4) is 0 Å². The number of pyridine rings is 1. The summed E-state index contributed by atoms with van der Waals surface area (Å²) < 4.78 is 41.7. The Morgan fingerprint density at radius 3 is 2.84 bits per heavy atom. The Bertz CT molecular complexity index is 1120. The maximum absolute atomic E-state index is 13.3. The molecule has 2 N–H and O–H groups in total. The number of anilines is 1. The van der Waals surface area contributed by atoms with Gasteiger partial charge in [-0.05, 0) is 50.6 Å². The molecule has 0 bridgehead atoms. The topological polar surface area (TPSA) is 71.8 Å². The summed E-state index contributed by atoms with van der Waals surface area (Å²) in [4.78, 5) is 21.3. The molecule has 10 heteroatoms. The largest absolute Gasteiger partial charge is 0.416 e. The van der Waals surface area contributed by atoms with Gasteiger partial charge in [0.15, 0.2) is 0 Å². The number of hydrogen-bond acceptors (Lipinski definition) is 4. The minimum absolute atomic E-state index is 0.0539. The number of halogens is 4. The third-order valence-corrected chi connectivity index (χ3v) is 5.62. The van der Waals surface area contributed by atoms with E-state index in [0.717, 1.165) is 37.9 Å². The molecule has 6 nitrogen and oxygen atoms in total. The van der Waals surface area contributed by atoms with Crippen molar-refractivity contribution < 1.29 is 18.0 Å². The van der Waals surface area contributed by atoms with Crippen LogP contribution in [0.15, 0.2) is 30.5 Å². The van der Waals surface area contributed by atoms with Gasteiger partial charge in [-0.25, -0.2) is 4.98 Å². The Kier molecular flexibility index (Phi) is 5.90. The van der Waals surface area contributed by atoms with Crippen LogP contribution < -0.4 is 10.6 Å². The first-order valence-electron chi connectivity index (χ1n) is 9.97. The maximum atomic E-state index is 13.3. The van der Waals surface area contributed by atoms with Crippen molar-refractivity contribution in [3.8, 4) is 0 Å². The molecule has 31 heavy (non-hydrogen) atoms. The normalized spacial score (nSPS) is 17.5. The van der Waals surface area contributed by atoms with Crippen molar-refractivity contribution in [1.29, 1.82) is 0 Å². The summed E-state index contributed by atoms with van der Waals surface area (Å²) in [6.45, 7) is 3.22. The fourth-order valence-electron chi connectivity index (χ4n) is 3.87. The monoisotopic (exact) mass is 451 g/mol. The highest BCUT2D eigenvalue weighted by Gasteiger charge is 2.33. The molecule has 1 atom stereocenters. The van der Waals surface area contributed by atoms with E-state index in [1.54, 1.807) is 23.6 Å². The lowest BCUT2D eigenvalue weighted by Gasteiger charge is -2.21. The van der Waals surface area contributed by atoms with E-state index in [-0.39, 0.29) is 22.5 Å². The molecule has 0 radical (unpaired) electrons. The number of alkyl halides is 3. The Hall–Kier alpha value is -2.65. The van der Waals surface area contributed by atoms with Gasteiger partial charge >= 0.3 is 6.18 Å². The van der Waals surface area contributed by atoms with Crippen molar-refractivity contribution in [1.82, 2.24) is 19.9 Å². The Morgan fingerprint density at radius 1 is 1.29 bits per heavy atom. The van der Waals surface area contributed by atoms with E-state index in [9.17, 15) is 18.0 Å². The molecule has 3 aromatic rings. The van der Waals surface area contributed by atoms with Crippen LogP contribution in [0.1, 0.15) is 46.9 Å². The summed E-state index contributed by atoms with van der Waals surface area (Å²) in [5.41, 5.74) is 0.644. The van der Waals surface area contributed by atoms with Crippen molar-refractivity contribution in [2.75, 3.05) is 18.4 Å². The highest BCUT2D eigenvalue weighted by molar-refractivity contribution is 6.35. The lowest BCUT2D eigenvalue weighted by molar-refractivity contribution is -0.137. The molecular weight excluding hydrogens is 431 g/mol. The molecule has 2 aromatic heterocycles. The number of hydrogen-bond donors (Lipinski definition) is 2. The smallest absolute Gasteiger partial charge is 0.315 e. The second-order valence-electron chi connectivity index (χ2n) is 7.62. The van der Waals surface area contributed by atoms with Crippen LogP contribution in [0.4, 0.5) is 19.1 Å². The maximum Gasteiger partial charge on any atom is 0.416 e. The average molecular weight is 452 g/mol. The van der Waals surface area contributed by atoms with Gasteiger partial charge in [-0.1, -0.05) is 18.0 Å². The molecular formula is C21H21ClF3N5O. The molecule has 0 aliphatic carbocycles. The van der Waals surface area contributed by atoms with E-state index >= 15 is 0 Å². The number of nitrogens with one attached hydrogen (secondary N) is 2. The van der Waals surface area contributed by atoms with Crippen molar-refractivity contribution in [2.45, 2.75) is 38.4 Å². The first-order valence-corrected chi connectivity index (χ1v) is 10.4. The van der Waals surface area contributed by atoms with Gasteiger partial charge in [0.05, 0.1) is 21.6 Å². The second-order valence-corrected chi connectivity index (χ2v) is 8.03. The Morgan fingerprint density at radius 2 is 2.10 bits per heavy atom. The molecule has 3 heterocycles. The van der Waals surface area contributed by atoms with Crippen LogP contribution in [0.5, 0.6) is 0 Å². The zero-order valence-electron chi connectivity index (χ0n) is 16.8. The Balaban J connectivity index is 1.83. The van der Waals surface area contributed by atoms with E-state index in [2.05, 4.69) is 20.6 Å². The van der Waals surface area contributed by atoms with Crippen LogP contribution >= 0.6 is 11.6 Å². The van der Waals surface area contributed by atoms with Crippen molar-refractivity contribution in [2.24, 2.45) is 0 Å². The highest BCUT2D eigenvalue weighted by Crippen LogP contribution is 2.38. The number of benzene rings is 1. The van der Waals surface area contributed by atoms with Gasteiger partial charge in [0.2, 0.25) is 5.95 Å². The first-order chi connectivity index (χ1) is 14.7. The van der Waals surface area contributed by atoms with Crippen LogP contribution in [0.25, 0.3) is 11.0 Å². The number of fused-ring (bicyclic) bond motifs is 1. The number of imidazole rings is 1. The molecule has 164 valence electrons. The van der Waals surface area contributed by atoms with Gasteiger partial charge in [-0.3, -0.25) is 15.1 Å². The molecule has 1 aliphatic rings. The highest BCUT2D eigenvalue weighted by atomic mass is 35.5. The number of carbonyl (C=O) groups excluding carboxylic acids is 1. The van der Waals surface area contributed by atoms with E-state index in [1.165, 1.54) is 6.20 Å². The van der Waals surface area contributed by atoms with Crippen LogP contribution in [0, 0.1) is 6.92 Å². The minimum atomic E-state index is -4.55. The molecule has 0 unspecified atom stereocenters. The number of aromatic nitrogens is 3. The predicted octanol–water partition coefficient (Wildman–Crippen LogP) is 4.98. The third kappa shape index (κ3) is 4.52. The van der Waals surface area contributed by atoms with Gasteiger partial charge in [-0.2, -0.15) is 13.2 Å². The molecule has 1 aliphatic heterocycles. The summed E-state index contributed by atoms with van der Waals surface area (Å²) >= 11 is 6.32. The predicted molar refractivity (Wildman–Crippen MR) is 112 cm³/mol. The summed E-state index contributed by atoms with van der Waals surface area (Å²) in [5, 5.41) is 6.04. The van der Waals surface area contributed by atoms with Crippen LogP contribution in [-0.2, 0) is 6.18 Å². The lowest BCUT2D eigenvalue weighted by atomic mass is 10.1.